The van der Waals surface area contributed by atoms with Crippen molar-refractivity contribution < 1.29 is 17.7 Å². The predicted molar refractivity (Wildman–Crippen MR) is 40.9 cm³/mol. The minimum atomic E-state index is -4.68. The van der Waals surface area contributed by atoms with E-state index in [2.05, 4.69) is 0 Å². The van der Waals surface area contributed by atoms with Crippen LogP contribution in [0.1, 0.15) is 6.92 Å². The number of halogens is 3. The van der Waals surface area contributed by atoms with Gasteiger partial charge in [-0.05, 0) is 13.4 Å². The smallest absolute Gasteiger partial charge is 0.448 e. The van der Waals surface area contributed by atoms with Gasteiger partial charge in [0.15, 0.2) is 0 Å². The molecule has 1 rings (SSSR count). The summed E-state index contributed by atoms with van der Waals surface area (Å²) in [4.78, 5) is 1.40. The molecule has 0 aromatic carbocycles. The molecule has 1 saturated heterocycles. The van der Waals surface area contributed by atoms with Crippen LogP contribution in [-0.2, 0) is 4.74 Å². The van der Waals surface area contributed by atoms with Crippen LogP contribution in [0.2, 0.25) is 0 Å². The zero-order valence-electron chi connectivity index (χ0n) is 6.97. The highest BCUT2D eigenvalue weighted by atomic mass is 19.4. The monoisotopic (exact) mass is 182 g/mol. The summed E-state index contributed by atoms with van der Waals surface area (Å²) in [7, 11) is 0. The van der Waals surface area contributed by atoms with Crippen molar-refractivity contribution >= 4 is 6.98 Å². The Kier molecular flexibility index (Phi) is 3.01. The maximum atomic E-state index is 11.9. The quantitative estimate of drug-likeness (QED) is 0.592. The van der Waals surface area contributed by atoms with Gasteiger partial charge < -0.3 is 22.6 Å². The van der Waals surface area contributed by atoms with Crippen LogP contribution in [0.15, 0.2) is 0 Å². The van der Waals surface area contributed by atoms with Crippen molar-refractivity contribution in [3.05, 3.63) is 0 Å². The van der Waals surface area contributed by atoms with E-state index in [9.17, 15) is 12.9 Å². The molecule has 0 aliphatic carbocycles. The number of rotatable bonds is 2. The number of ether oxygens (including phenoxy) is 1. The molecule has 12 heavy (non-hydrogen) atoms. The van der Waals surface area contributed by atoms with E-state index >= 15 is 0 Å². The minimum Gasteiger partial charge on any atom is -0.448 e. The molecule has 72 valence electrons. The maximum absolute atomic E-state index is 11.9. The Balaban J connectivity index is 2.32. The largest absolute Gasteiger partial charge is 0.492 e. The van der Waals surface area contributed by atoms with Gasteiger partial charge in [-0.2, -0.15) is 0 Å². The average Bonchev–Trinajstić information content (AvgIpc) is 1.82. The van der Waals surface area contributed by atoms with Crippen LogP contribution in [0.4, 0.5) is 12.9 Å². The molecule has 2 nitrogen and oxygen atoms in total. The summed E-state index contributed by atoms with van der Waals surface area (Å²) >= 11 is 0. The molecule has 1 heterocycles. The van der Waals surface area contributed by atoms with Gasteiger partial charge in [0.2, 0.25) is 0 Å². The molecular weight excluding hydrogens is 170 g/mol. The molecule has 0 saturated carbocycles. The van der Waals surface area contributed by atoms with E-state index in [1.54, 1.807) is 6.92 Å². The number of nitrogens with zero attached hydrogens (tertiary/aromatic N) is 1. The van der Waals surface area contributed by atoms with Crippen molar-refractivity contribution in [3.63, 3.8) is 0 Å². The molecule has 1 fully saturated rings. The Labute approximate surface area is 69.7 Å². The first kappa shape index (κ1) is 9.86. The first-order valence-electron chi connectivity index (χ1n) is 4.02. The molecule has 1 atom stereocenters. The number of morpholine rings is 1. The molecule has 0 spiro atoms. The van der Waals surface area contributed by atoms with E-state index in [0.717, 1.165) is 0 Å². The standard InChI is InChI=1S/C6H12BF3NO/c1-6-4-11(2-3-12-6)5-7(8,9)10/h6H,2-5H2,1H3/q-1. The molecule has 0 bridgehead atoms. The Bertz CT molecular complexity index is 152. The van der Waals surface area contributed by atoms with Crippen LogP contribution in [0.25, 0.3) is 0 Å². The molecule has 1 aliphatic heterocycles. The van der Waals surface area contributed by atoms with Gasteiger partial charge in [-0.1, -0.05) is 0 Å². The molecule has 0 N–H and O–H groups in total. The van der Waals surface area contributed by atoms with Crippen molar-refractivity contribution in [2.75, 3.05) is 26.1 Å². The summed E-state index contributed by atoms with van der Waals surface area (Å²) in [5.41, 5.74) is 0. The SMILES string of the molecule is CC1CN(C[B-](F)(F)F)CCO1. The number of hydrogen-bond acceptors (Lipinski definition) is 2. The van der Waals surface area contributed by atoms with Crippen molar-refractivity contribution in [2.24, 2.45) is 0 Å². The highest BCUT2D eigenvalue weighted by molar-refractivity contribution is 6.58. The summed E-state index contributed by atoms with van der Waals surface area (Å²) in [5.74, 6) is 0. The van der Waals surface area contributed by atoms with Gasteiger partial charge in [-0.3, -0.25) is 0 Å². The Morgan fingerprint density at radius 3 is 2.67 bits per heavy atom. The van der Waals surface area contributed by atoms with Gasteiger partial charge in [0.1, 0.15) is 0 Å². The Hall–Kier alpha value is -0.225. The molecule has 0 amide bonds. The lowest BCUT2D eigenvalue weighted by Gasteiger charge is -2.34. The Morgan fingerprint density at radius 1 is 1.50 bits per heavy atom. The summed E-state index contributed by atoms with van der Waals surface area (Å²) in [5, 5.41) is 0. The van der Waals surface area contributed by atoms with Gasteiger partial charge >= 0.3 is 6.98 Å². The first-order valence-corrected chi connectivity index (χ1v) is 4.02. The summed E-state index contributed by atoms with van der Waals surface area (Å²) < 4.78 is 41.0. The second-order valence-electron chi connectivity index (χ2n) is 3.15. The fourth-order valence-corrected chi connectivity index (χ4v) is 1.35. The van der Waals surface area contributed by atoms with Crippen LogP contribution in [0.5, 0.6) is 0 Å². The van der Waals surface area contributed by atoms with Crippen molar-refractivity contribution in [3.8, 4) is 0 Å². The molecule has 0 aromatic rings. The second kappa shape index (κ2) is 3.66. The number of hydrogen-bond donors (Lipinski definition) is 0. The summed E-state index contributed by atoms with van der Waals surface area (Å²) in [6.45, 7) is -1.70. The van der Waals surface area contributed by atoms with Crippen molar-refractivity contribution in [1.29, 1.82) is 0 Å². The van der Waals surface area contributed by atoms with E-state index in [0.29, 0.717) is 19.7 Å². The third-order valence-electron chi connectivity index (χ3n) is 1.79. The molecule has 1 aliphatic rings. The molecule has 0 aromatic heterocycles. The van der Waals surface area contributed by atoms with Crippen LogP contribution >= 0.6 is 0 Å². The highest BCUT2D eigenvalue weighted by Gasteiger charge is 2.28. The van der Waals surface area contributed by atoms with E-state index in [1.165, 1.54) is 4.90 Å². The van der Waals surface area contributed by atoms with Gasteiger partial charge in [0.05, 0.1) is 12.7 Å². The normalized spacial score (nSPS) is 27.5. The highest BCUT2D eigenvalue weighted by Crippen LogP contribution is 2.13. The van der Waals surface area contributed by atoms with Crippen LogP contribution in [0, 0.1) is 0 Å². The molecule has 0 radical (unpaired) electrons. The summed E-state index contributed by atoms with van der Waals surface area (Å²) in [6, 6.07) is 0. The third-order valence-corrected chi connectivity index (χ3v) is 1.79. The molecule has 1 unspecified atom stereocenters. The van der Waals surface area contributed by atoms with Crippen molar-refractivity contribution in [2.45, 2.75) is 13.0 Å². The first-order chi connectivity index (χ1) is 5.47. The molecule has 6 heteroatoms. The van der Waals surface area contributed by atoms with Gasteiger partial charge in [0.25, 0.3) is 0 Å². The summed E-state index contributed by atoms with van der Waals surface area (Å²) in [6.07, 6.45) is -0.829. The Morgan fingerprint density at radius 2 is 2.17 bits per heavy atom. The topological polar surface area (TPSA) is 12.5 Å². The lowest BCUT2D eigenvalue weighted by molar-refractivity contribution is -0.0144. The van der Waals surface area contributed by atoms with Crippen LogP contribution < -0.4 is 0 Å². The van der Waals surface area contributed by atoms with Gasteiger partial charge in [-0.25, -0.2) is 0 Å². The zero-order chi connectivity index (χ0) is 9.19. The van der Waals surface area contributed by atoms with E-state index in [-0.39, 0.29) is 6.10 Å². The third kappa shape index (κ3) is 3.45. The maximum Gasteiger partial charge on any atom is 0.492 e. The van der Waals surface area contributed by atoms with Crippen LogP contribution in [0.3, 0.4) is 0 Å². The average molecular weight is 182 g/mol. The van der Waals surface area contributed by atoms with E-state index in [1.807, 2.05) is 0 Å². The lowest BCUT2D eigenvalue weighted by Crippen LogP contribution is -2.47. The van der Waals surface area contributed by atoms with E-state index in [4.69, 9.17) is 4.74 Å². The van der Waals surface area contributed by atoms with E-state index < -0.39 is 13.4 Å². The fourth-order valence-electron chi connectivity index (χ4n) is 1.35. The lowest BCUT2D eigenvalue weighted by atomic mass is 9.91. The van der Waals surface area contributed by atoms with Crippen LogP contribution in [-0.4, -0.2) is 44.1 Å². The fraction of sp³-hybridized carbons (Fsp3) is 1.00. The van der Waals surface area contributed by atoms with Crippen molar-refractivity contribution in [1.82, 2.24) is 4.90 Å². The van der Waals surface area contributed by atoms with Gasteiger partial charge in [-0.15, -0.1) is 0 Å². The van der Waals surface area contributed by atoms with Gasteiger partial charge in [0, 0.05) is 13.1 Å². The molecular formula is C6H12BF3NO-. The second-order valence-corrected chi connectivity index (χ2v) is 3.15. The minimum absolute atomic E-state index is 0.0723. The zero-order valence-corrected chi connectivity index (χ0v) is 6.97. The predicted octanol–water partition coefficient (Wildman–Crippen LogP) is 1.09.